The number of sulfonamides is 1. The number of carboxylic acid groups (broad SMARTS) is 2. The number of halogens is 2. The van der Waals surface area contributed by atoms with Gasteiger partial charge in [0.2, 0.25) is 10.0 Å². The van der Waals surface area contributed by atoms with E-state index in [2.05, 4.69) is 0 Å². The van der Waals surface area contributed by atoms with E-state index in [9.17, 15) is 22.4 Å². The standard InChI is InChI=1S/C10H9ClFNO6S/c11-6-3-5(1-2-7(6)12)20(18,19)13-8(10(16)17)4-9(14)15/h1-3,8,13H,4H2,(H,14,15)(H,16,17)/t8-/m1/s1. The Morgan fingerprint density at radius 3 is 2.40 bits per heavy atom. The molecule has 0 radical (unpaired) electrons. The Hall–Kier alpha value is -1.71. The Kier molecular flexibility index (Phi) is 5.03. The van der Waals surface area contributed by atoms with Crippen molar-refractivity contribution in [3.63, 3.8) is 0 Å². The second-order valence-electron chi connectivity index (χ2n) is 3.69. The van der Waals surface area contributed by atoms with Gasteiger partial charge in [-0.1, -0.05) is 11.6 Å². The highest BCUT2D eigenvalue weighted by atomic mass is 35.5. The molecule has 0 aliphatic heterocycles. The van der Waals surface area contributed by atoms with Gasteiger partial charge < -0.3 is 10.2 Å². The molecular weight excluding hydrogens is 317 g/mol. The minimum Gasteiger partial charge on any atom is -0.481 e. The van der Waals surface area contributed by atoms with Crippen LogP contribution in [0.2, 0.25) is 5.02 Å². The van der Waals surface area contributed by atoms with Gasteiger partial charge in [-0.3, -0.25) is 9.59 Å². The van der Waals surface area contributed by atoms with E-state index < -0.39 is 50.2 Å². The van der Waals surface area contributed by atoms with E-state index in [4.69, 9.17) is 21.8 Å². The van der Waals surface area contributed by atoms with Gasteiger partial charge in [0.1, 0.15) is 11.9 Å². The van der Waals surface area contributed by atoms with Crippen LogP contribution in [-0.4, -0.2) is 36.6 Å². The molecular formula is C10H9ClFNO6S. The minimum absolute atomic E-state index is 0.460. The number of hydrogen-bond acceptors (Lipinski definition) is 4. The van der Waals surface area contributed by atoms with Gasteiger partial charge in [0.15, 0.2) is 0 Å². The van der Waals surface area contributed by atoms with Crippen LogP contribution in [0.5, 0.6) is 0 Å². The smallest absolute Gasteiger partial charge is 0.322 e. The number of hydrogen-bond donors (Lipinski definition) is 3. The quantitative estimate of drug-likeness (QED) is 0.707. The van der Waals surface area contributed by atoms with E-state index in [1.807, 2.05) is 0 Å². The number of rotatable bonds is 6. The second-order valence-corrected chi connectivity index (χ2v) is 5.81. The molecule has 0 heterocycles. The van der Waals surface area contributed by atoms with E-state index in [1.165, 1.54) is 0 Å². The van der Waals surface area contributed by atoms with E-state index in [0.29, 0.717) is 0 Å². The predicted molar refractivity (Wildman–Crippen MR) is 65.4 cm³/mol. The summed E-state index contributed by atoms with van der Waals surface area (Å²) < 4.78 is 38.3. The first-order valence-electron chi connectivity index (χ1n) is 5.05. The largest absolute Gasteiger partial charge is 0.481 e. The van der Waals surface area contributed by atoms with Crippen molar-refractivity contribution >= 4 is 33.6 Å². The fourth-order valence-corrected chi connectivity index (χ4v) is 2.71. The maximum atomic E-state index is 12.9. The summed E-state index contributed by atoms with van der Waals surface area (Å²) in [5, 5.41) is 16.8. The molecule has 10 heteroatoms. The van der Waals surface area contributed by atoms with Gasteiger partial charge >= 0.3 is 11.9 Å². The van der Waals surface area contributed by atoms with Crippen molar-refractivity contribution < 1.29 is 32.6 Å². The molecule has 0 aromatic heterocycles. The van der Waals surface area contributed by atoms with Crippen LogP contribution in [0.3, 0.4) is 0 Å². The fourth-order valence-electron chi connectivity index (χ4n) is 1.25. The first-order chi connectivity index (χ1) is 9.13. The monoisotopic (exact) mass is 325 g/mol. The molecule has 1 atom stereocenters. The van der Waals surface area contributed by atoms with Crippen LogP contribution in [-0.2, 0) is 19.6 Å². The molecule has 1 aromatic carbocycles. The third-order valence-electron chi connectivity index (χ3n) is 2.18. The maximum absolute atomic E-state index is 12.9. The molecule has 0 amide bonds. The Bertz CT molecular complexity index is 647. The van der Waals surface area contributed by atoms with Crippen LogP contribution >= 0.6 is 11.6 Å². The Morgan fingerprint density at radius 2 is 1.95 bits per heavy atom. The summed E-state index contributed by atoms with van der Waals surface area (Å²) in [4.78, 5) is 20.8. The number of carbonyl (C=O) groups is 2. The number of carboxylic acids is 2. The molecule has 0 aliphatic rings. The average Bonchev–Trinajstić information content (AvgIpc) is 2.30. The van der Waals surface area contributed by atoms with Crippen molar-refractivity contribution in [1.29, 1.82) is 0 Å². The molecule has 0 saturated heterocycles. The van der Waals surface area contributed by atoms with Crippen molar-refractivity contribution in [2.75, 3.05) is 0 Å². The lowest BCUT2D eigenvalue weighted by atomic mass is 10.2. The third-order valence-corrected chi connectivity index (χ3v) is 3.93. The van der Waals surface area contributed by atoms with E-state index in [-0.39, 0.29) is 0 Å². The second kappa shape index (κ2) is 6.16. The summed E-state index contributed by atoms with van der Waals surface area (Å²) in [6.45, 7) is 0. The average molecular weight is 326 g/mol. The summed E-state index contributed by atoms with van der Waals surface area (Å²) in [5.74, 6) is -3.98. The minimum atomic E-state index is -4.33. The van der Waals surface area contributed by atoms with Gasteiger partial charge in [0.25, 0.3) is 0 Å². The third kappa shape index (κ3) is 4.15. The van der Waals surface area contributed by atoms with E-state index >= 15 is 0 Å². The van der Waals surface area contributed by atoms with Gasteiger partial charge in [-0.25, -0.2) is 12.8 Å². The molecule has 7 nitrogen and oxygen atoms in total. The highest BCUT2D eigenvalue weighted by Gasteiger charge is 2.27. The number of nitrogens with one attached hydrogen (secondary N) is 1. The lowest BCUT2D eigenvalue weighted by molar-refractivity contribution is -0.145. The summed E-state index contributed by atoms with van der Waals surface area (Å²) >= 11 is 5.43. The Balaban J connectivity index is 3.06. The molecule has 0 spiro atoms. The number of aliphatic carboxylic acids is 2. The van der Waals surface area contributed by atoms with Crippen molar-refractivity contribution in [2.45, 2.75) is 17.4 Å². The van der Waals surface area contributed by atoms with E-state index in [0.717, 1.165) is 18.2 Å². The normalized spacial score (nSPS) is 12.9. The molecule has 110 valence electrons. The lowest BCUT2D eigenvalue weighted by Gasteiger charge is -2.13. The summed E-state index contributed by atoms with van der Waals surface area (Å²) in [6.07, 6.45) is -0.941. The van der Waals surface area contributed by atoms with Gasteiger partial charge in [0, 0.05) is 0 Å². The van der Waals surface area contributed by atoms with Gasteiger partial charge in [-0.15, -0.1) is 0 Å². The molecule has 0 unspecified atom stereocenters. The highest BCUT2D eigenvalue weighted by molar-refractivity contribution is 7.89. The molecule has 0 aliphatic carbocycles. The summed E-state index contributed by atoms with van der Waals surface area (Å²) in [5.41, 5.74) is 0. The van der Waals surface area contributed by atoms with Crippen LogP contribution < -0.4 is 4.72 Å². The lowest BCUT2D eigenvalue weighted by Crippen LogP contribution is -2.42. The van der Waals surface area contributed by atoms with Crippen LogP contribution in [0, 0.1) is 5.82 Å². The Labute approximate surface area is 118 Å². The Morgan fingerprint density at radius 1 is 1.35 bits per heavy atom. The zero-order chi connectivity index (χ0) is 15.5. The van der Waals surface area contributed by atoms with Gasteiger partial charge in [0.05, 0.1) is 16.3 Å². The van der Waals surface area contributed by atoms with Crippen LogP contribution in [0.15, 0.2) is 23.1 Å². The summed E-state index contributed by atoms with van der Waals surface area (Å²) in [6, 6.07) is 0.618. The fraction of sp³-hybridized carbons (Fsp3) is 0.200. The number of benzene rings is 1. The molecule has 0 saturated carbocycles. The van der Waals surface area contributed by atoms with Crippen molar-refractivity contribution in [3.8, 4) is 0 Å². The maximum Gasteiger partial charge on any atom is 0.322 e. The van der Waals surface area contributed by atoms with Crippen LogP contribution in [0.25, 0.3) is 0 Å². The summed E-state index contributed by atoms with van der Waals surface area (Å²) in [7, 11) is -4.33. The van der Waals surface area contributed by atoms with Crippen molar-refractivity contribution in [1.82, 2.24) is 4.72 Å². The first-order valence-corrected chi connectivity index (χ1v) is 6.91. The zero-order valence-electron chi connectivity index (χ0n) is 9.71. The van der Waals surface area contributed by atoms with Crippen molar-refractivity contribution in [3.05, 3.63) is 29.0 Å². The van der Waals surface area contributed by atoms with Crippen LogP contribution in [0.1, 0.15) is 6.42 Å². The molecule has 0 fully saturated rings. The topological polar surface area (TPSA) is 121 Å². The van der Waals surface area contributed by atoms with Gasteiger partial charge in [-0.05, 0) is 18.2 Å². The molecule has 1 rings (SSSR count). The molecule has 20 heavy (non-hydrogen) atoms. The van der Waals surface area contributed by atoms with Crippen molar-refractivity contribution in [2.24, 2.45) is 0 Å². The van der Waals surface area contributed by atoms with E-state index in [1.54, 1.807) is 4.72 Å². The zero-order valence-corrected chi connectivity index (χ0v) is 11.3. The molecule has 3 N–H and O–H groups in total. The SMILES string of the molecule is O=C(O)C[C@@H](NS(=O)(=O)c1ccc(F)c(Cl)c1)C(=O)O. The first kappa shape index (κ1) is 16.3. The molecule has 0 bridgehead atoms. The molecule has 1 aromatic rings. The van der Waals surface area contributed by atoms with Crippen LogP contribution in [0.4, 0.5) is 4.39 Å². The predicted octanol–water partition coefficient (Wildman–Crippen LogP) is 0.685. The highest BCUT2D eigenvalue weighted by Crippen LogP contribution is 2.19. The van der Waals surface area contributed by atoms with Gasteiger partial charge in [-0.2, -0.15) is 4.72 Å².